The van der Waals surface area contributed by atoms with Crippen molar-refractivity contribution in [3.63, 3.8) is 0 Å². The molecule has 8 nitrogen and oxygen atoms in total. The molecular formula is C24H20Cl6N4O4. The molecule has 0 aromatic heterocycles. The van der Waals surface area contributed by atoms with Gasteiger partial charge in [-0.1, -0.05) is 130 Å². The van der Waals surface area contributed by atoms with Gasteiger partial charge in [-0.25, -0.2) is 0 Å². The molecule has 2 amide bonds. The molecular weight excluding hydrogens is 621 g/mol. The maximum atomic E-state index is 13.2. The van der Waals surface area contributed by atoms with Crippen molar-refractivity contribution in [1.29, 1.82) is 0 Å². The second kappa shape index (κ2) is 10.7. The number of hydrazone groups is 2. The summed E-state index contributed by atoms with van der Waals surface area (Å²) in [5, 5.41) is 32.1. The molecule has 0 saturated carbocycles. The number of rotatable bonds is 5. The van der Waals surface area contributed by atoms with Crippen molar-refractivity contribution in [2.24, 2.45) is 10.2 Å². The Balaban J connectivity index is 1.56. The van der Waals surface area contributed by atoms with Crippen molar-refractivity contribution in [1.82, 2.24) is 10.0 Å². The van der Waals surface area contributed by atoms with E-state index in [0.29, 0.717) is 32.6 Å². The second-order valence-corrected chi connectivity index (χ2v) is 13.3. The van der Waals surface area contributed by atoms with Crippen LogP contribution in [0.25, 0.3) is 0 Å². The standard InChI is InChI=1S/C24H20Cl6N4O4/c25-23(26,27)21(37)13-17(15-7-3-1-4-8-15)31-33(21)19(35)11-12-20(36)34-22(38,24(28,29)30)14-18(32-34)16-9-5-2-6-10-16/h1-10,37-38H,11-14H2. The van der Waals surface area contributed by atoms with Crippen molar-refractivity contribution in [3.8, 4) is 0 Å². The Morgan fingerprint density at radius 3 is 1.29 bits per heavy atom. The lowest BCUT2D eigenvalue weighted by Crippen LogP contribution is -2.56. The lowest BCUT2D eigenvalue weighted by Gasteiger charge is -2.37. The third kappa shape index (κ3) is 5.51. The highest BCUT2D eigenvalue weighted by molar-refractivity contribution is 6.69. The molecule has 0 radical (unpaired) electrons. The van der Waals surface area contributed by atoms with E-state index in [-0.39, 0.29) is 12.8 Å². The van der Waals surface area contributed by atoms with Crippen LogP contribution >= 0.6 is 69.6 Å². The minimum absolute atomic E-state index is 0.267. The smallest absolute Gasteiger partial charge is 0.246 e. The molecule has 202 valence electrons. The lowest BCUT2D eigenvalue weighted by atomic mass is 10.0. The zero-order valence-corrected chi connectivity index (χ0v) is 23.9. The highest BCUT2D eigenvalue weighted by Crippen LogP contribution is 2.48. The summed E-state index contributed by atoms with van der Waals surface area (Å²) in [5.74, 6) is -1.64. The molecule has 0 saturated heterocycles. The van der Waals surface area contributed by atoms with Gasteiger partial charge in [-0.3, -0.25) is 9.59 Å². The molecule has 2 aromatic carbocycles. The fourth-order valence-corrected chi connectivity index (χ4v) is 4.95. The first-order valence-corrected chi connectivity index (χ1v) is 13.4. The molecule has 2 heterocycles. The van der Waals surface area contributed by atoms with Crippen LogP contribution in [0.3, 0.4) is 0 Å². The van der Waals surface area contributed by atoms with E-state index >= 15 is 0 Å². The van der Waals surface area contributed by atoms with E-state index in [1.54, 1.807) is 60.7 Å². The van der Waals surface area contributed by atoms with Crippen LogP contribution < -0.4 is 0 Å². The molecule has 2 aliphatic heterocycles. The van der Waals surface area contributed by atoms with E-state index in [4.69, 9.17) is 69.6 Å². The molecule has 2 aliphatic rings. The topological polar surface area (TPSA) is 106 Å². The zero-order chi connectivity index (χ0) is 27.9. The molecule has 0 bridgehead atoms. The van der Waals surface area contributed by atoms with Crippen LogP contribution in [0.5, 0.6) is 0 Å². The van der Waals surface area contributed by atoms with E-state index in [0.717, 1.165) is 0 Å². The van der Waals surface area contributed by atoms with Gasteiger partial charge in [0.05, 0.1) is 11.4 Å². The highest BCUT2D eigenvalue weighted by atomic mass is 35.6. The van der Waals surface area contributed by atoms with E-state index in [1.807, 2.05) is 0 Å². The van der Waals surface area contributed by atoms with E-state index in [1.165, 1.54) is 0 Å². The van der Waals surface area contributed by atoms with Crippen LogP contribution in [-0.2, 0) is 9.59 Å². The Kier molecular flexibility index (Phi) is 8.30. The van der Waals surface area contributed by atoms with Crippen molar-refractivity contribution in [3.05, 3.63) is 71.8 Å². The average Bonchev–Trinajstić information content (AvgIpc) is 3.42. The summed E-state index contributed by atoms with van der Waals surface area (Å²) < 4.78 is -4.65. The lowest BCUT2D eigenvalue weighted by molar-refractivity contribution is -0.161. The number of carbonyl (C=O) groups excluding carboxylic acids is 2. The summed E-state index contributed by atoms with van der Waals surface area (Å²) in [6.45, 7) is 0. The van der Waals surface area contributed by atoms with Crippen molar-refractivity contribution in [2.75, 3.05) is 0 Å². The number of carbonyl (C=O) groups is 2. The Hall–Kier alpha value is -1.62. The molecule has 2 aromatic rings. The summed E-state index contributed by atoms with van der Waals surface area (Å²) in [7, 11) is 0. The monoisotopic (exact) mass is 638 g/mol. The van der Waals surface area contributed by atoms with Gasteiger partial charge in [0, 0.05) is 25.7 Å². The summed E-state index contributed by atoms with van der Waals surface area (Å²) >= 11 is 36.3. The summed E-state index contributed by atoms with van der Waals surface area (Å²) in [6, 6.07) is 17.5. The first-order chi connectivity index (χ1) is 17.7. The highest BCUT2D eigenvalue weighted by Gasteiger charge is 2.59. The number of aliphatic hydroxyl groups is 2. The van der Waals surface area contributed by atoms with Gasteiger partial charge in [0.2, 0.25) is 30.8 Å². The van der Waals surface area contributed by atoms with Gasteiger partial charge in [-0.2, -0.15) is 20.2 Å². The molecule has 2 unspecified atom stereocenters. The summed E-state index contributed by atoms with van der Waals surface area (Å²) in [6.07, 6.45) is -1.51. The van der Waals surface area contributed by atoms with Crippen LogP contribution in [-0.4, -0.2) is 62.5 Å². The van der Waals surface area contributed by atoms with E-state index in [2.05, 4.69) is 10.2 Å². The van der Waals surface area contributed by atoms with Gasteiger partial charge in [0.15, 0.2) is 0 Å². The van der Waals surface area contributed by atoms with Gasteiger partial charge in [0.25, 0.3) is 0 Å². The quantitative estimate of drug-likeness (QED) is 0.441. The predicted molar refractivity (Wildman–Crippen MR) is 149 cm³/mol. The third-order valence-corrected chi connectivity index (χ3v) is 7.93. The largest absolute Gasteiger partial charge is 0.365 e. The van der Waals surface area contributed by atoms with E-state index in [9.17, 15) is 19.8 Å². The molecule has 0 fully saturated rings. The molecule has 14 heteroatoms. The molecule has 2 atom stereocenters. The first-order valence-electron chi connectivity index (χ1n) is 11.2. The van der Waals surface area contributed by atoms with Crippen LogP contribution in [0.1, 0.15) is 36.8 Å². The number of nitrogens with zero attached hydrogens (tertiary/aromatic N) is 4. The van der Waals surface area contributed by atoms with E-state index < -0.39 is 43.7 Å². The van der Waals surface area contributed by atoms with Gasteiger partial charge in [-0.05, 0) is 11.1 Å². The maximum Gasteiger partial charge on any atom is 0.246 e. The van der Waals surface area contributed by atoms with Gasteiger partial charge >= 0.3 is 0 Å². The zero-order valence-electron chi connectivity index (χ0n) is 19.4. The van der Waals surface area contributed by atoms with Crippen LogP contribution in [0, 0.1) is 0 Å². The van der Waals surface area contributed by atoms with Crippen LogP contribution in [0.2, 0.25) is 0 Å². The Bertz CT molecular complexity index is 1180. The van der Waals surface area contributed by atoms with Crippen molar-refractivity contribution < 1.29 is 19.8 Å². The summed E-state index contributed by atoms with van der Waals surface area (Å²) in [5.41, 5.74) is -2.79. The SMILES string of the molecule is O=C(CCC(=O)N1N=C(c2ccccc2)CC1(O)C(Cl)(Cl)Cl)N1N=C(c2ccccc2)CC1(O)C(Cl)(Cl)Cl. The van der Waals surface area contributed by atoms with Crippen molar-refractivity contribution >= 4 is 92.8 Å². The number of halogens is 6. The van der Waals surface area contributed by atoms with Gasteiger partial charge in [-0.15, -0.1) is 0 Å². The normalized spacial score (nSPS) is 23.9. The Morgan fingerprint density at radius 1 is 0.684 bits per heavy atom. The second-order valence-electron chi connectivity index (χ2n) is 8.72. The molecule has 2 N–H and O–H groups in total. The number of amides is 2. The fourth-order valence-electron chi connectivity index (χ4n) is 4.07. The minimum Gasteiger partial charge on any atom is -0.365 e. The molecule has 4 rings (SSSR count). The van der Waals surface area contributed by atoms with Crippen LogP contribution in [0.4, 0.5) is 0 Å². The summed E-state index contributed by atoms with van der Waals surface area (Å²) in [4.78, 5) is 26.4. The van der Waals surface area contributed by atoms with Crippen LogP contribution in [0.15, 0.2) is 70.9 Å². The number of hydrogen-bond donors (Lipinski definition) is 2. The predicted octanol–water partition coefficient (Wildman–Crippen LogP) is 5.16. The molecule has 38 heavy (non-hydrogen) atoms. The van der Waals surface area contributed by atoms with Gasteiger partial charge < -0.3 is 10.2 Å². The maximum absolute atomic E-state index is 13.2. The van der Waals surface area contributed by atoms with Gasteiger partial charge in [0.1, 0.15) is 0 Å². The minimum atomic E-state index is -2.33. The number of hydrogen-bond acceptors (Lipinski definition) is 6. The number of benzene rings is 2. The first kappa shape index (κ1) is 29.4. The fraction of sp³-hybridized carbons (Fsp3) is 0.333. The average molecular weight is 641 g/mol. The van der Waals surface area contributed by atoms with Crippen molar-refractivity contribution in [2.45, 2.75) is 44.7 Å². The molecule has 0 spiro atoms. The Labute approximate surface area is 248 Å². The third-order valence-electron chi connectivity index (χ3n) is 6.12. The number of alkyl halides is 6. The Morgan fingerprint density at radius 2 is 1.00 bits per heavy atom. The molecule has 0 aliphatic carbocycles.